The quantitative estimate of drug-likeness (QED) is 0.549. The Hall–Kier alpha value is -3.40. The number of rotatable bonds is 9. The number of nitrogens with one attached hydrogen (secondary N) is 1. The van der Waals surface area contributed by atoms with E-state index < -0.39 is 9.84 Å². The zero-order valence-corrected chi connectivity index (χ0v) is 17.3. The minimum atomic E-state index is -3.10. The molecule has 10 heteroatoms. The van der Waals surface area contributed by atoms with Gasteiger partial charge in [0.1, 0.15) is 18.1 Å². The lowest BCUT2D eigenvalue weighted by atomic mass is 10.2. The molecule has 0 atom stereocenters. The van der Waals surface area contributed by atoms with Crippen LogP contribution in [0.1, 0.15) is 22.1 Å². The molecule has 0 unspecified atom stereocenters. The smallest absolute Gasteiger partial charge is 0.255 e. The van der Waals surface area contributed by atoms with Crippen LogP contribution in [0.25, 0.3) is 0 Å². The topological polar surface area (TPSA) is 121 Å². The standard InChI is InChI=1S/C20H21N3O6S/c1-14-21-19(23-29-14)13-28-17-8-6-15(7-9-17)20(24)22-16-4-3-5-18(12-16)27-10-11-30(2,25)26/h3-9,12H,10-11,13H2,1-2H3,(H,22,24). The third-order valence-electron chi connectivity index (χ3n) is 3.87. The molecule has 0 saturated heterocycles. The fourth-order valence-corrected chi connectivity index (χ4v) is 2.81. The van der Waals surface area contributed by atoms with Crippen molar-refractivity contribution in [2.45, 2.75) is 13.5 Å². The van der Waals surface area contributed by atoms with E-state index >= 15 is 0 Å². The summed E-state index contributed by atoms with van der Waals surface area (Å²) in [5.74, 6) is 1.55. The van der Waals surface area contributed by atoms with Crippen LogP contribution in [0, 0.1) is 6.92 Å². The highest BCUT2D eigenvalue weighted by Gasteiger charge is 2.09. The number of nitrogens with zero attached hydrogens (tertiary/aromatic N) is 2. The largest absolute Gasteiger partial charge is 0.492 e. The average molecular weight is 431 g/mol. The number of ether oxygens (including phenoxy) is 2. The van der Waals surface area contributed by atoms with Crippen LogP contribution in [0.3, 0.4) is 0 Å². The maximum Gasteiger partial charge on any atom is 0.255 e. The van der Waals surface area contributed by atoms with Crippen molar-refractivity contribution in [3.05, 3.63) is 65.8 Å². The molecule has 0 radical (unpaired) electrons. The number of aromatic nitrogens is 2. The lowest BCUT2D eigenvalue weighted by Gasteiger charge is -2.09. The summed E-state index contributed by atoms with van der Waals surface area (Å²) in [6.07, 6.45) is 1.15. The highest BCUT2D eigenvalue weighted by Crippen LogP contribution is 2.19. The van der Waals surface area contributed by atoms with Gasteiger partial charge in [-0.2, -0.15) is 4.98 Å². The Bertz CT molecular complexity index is 1110. The number of benzene rings is 2. The molecule has 0 bridgehead atoms. The molecule has 1 aromatic heterocycles. The monoisotopic (exact) mass is 431 g/mol. The van der Waals surface area contributed by atoms with Crippen molar-refractivity contribution in [3.63, 3.8) is 0 Å². The highest BCUT2D eigenvalue weighted by atomic mass is 32.2. The van der Waals surface area contributed by atoms with Gasteiger partial charge in [0, 0.05) is 30.5 Å². The molecule has 3 aromatic rings. The van der Waals surface area contributed by atoms with Crippen molar-refractivity contribution < 1.29 is 27.2 Å². The van der Waals surface area contributed by atoms with E-state index in [9.17, 15) is 13.2 Å². The van der Waals surface area contributed by atoms with Crippen LogP contribution < -0.4 is 14.8 Å². The van der Waals surface area contributed by atoms with Crippen LogP contribution in [0.4, 0.5) is 5.69 Å². The van der Waals surface area contributed by atoms with Crippen molar-refractivity contribution in [2.75, 3.05) is 23.9 Å². The summed E-state index contributed by atoms with van der Waals surface area (Å²) < 4.78 is 38.2. The number of carbonyl (C=O) groups excluding carboxylic acids is 1. The van der Waals surface area contributed by atoms with E-state index in [1.54, 1.807) is 55.5 Å². The molecule has 0 aliphatic rings. The SMILES string of the molecule is Cc1nc(COc2ccc(C(=O)Nc3cccc(OCCS(C)(=O)=O)c3)cc2)no1. The molecule has 0 saturated carbocycles. The van der Waals surface area contributed by atoms with Crippen molar-refractivity contribution >= 4 is 21.4 Å². The van der Waals surface area contributed by atoms with Gasteiger partial charge >= 0.3 is 0 Å². The van der Waals surface area contributed by atoms with E-state index in [2.05, 4.69) is 15.5 Å². The Kier molecular flexibility index (Phi) is 6.68. The molecule has 9 nitrogen and oxygen atoms in total. The van der Waals surface area contributed by atoms with Crippen LogP contribution in [0.5, 0.6) is 11.5 Å². The number of carbonyl (C=O) groups is 1. The van der Waals surface area contributed by atoms with Gasteiger partial charge in [0.15, 0.2) is 16.4 Å². The van der Waals surface area contributed by atoms with Gasteiger partial charge in [0.05, 0.1) is 5.75 Å². The summed E-state index contributed by atoms with van der Waals surface area (Å²) in [5.41, 5.74) is 0.978. The van der Waals surface area contributed by atoms with Gasteiger partial charge < -0.3 is 19.3 Å². The van der Waals surface area contributed by atoms with Crippen molar-refractivity contribution in [1.82, 2.24) is 10.1 Å². The number of anilines is 1. The number of hydrogen-bond donors (Lipinski definition) is 1. The molecule has 30 heavy (non-hydrogen) atoms. The molecule has 0 fully saturated rings. The fraction of sp³-hybridized carbons (Fsp3) is 0.250. The molecule has 1 amide bonds. The molecule has 0 aliphatic carbocycles. The molecule has 0 spiro atoms. The molecule has 1 heterocycles. The summed E-state index contributed by atoms with van der Waals surface area (Å²) in [6, 6.07) is 13.4. The lowest BCUT2D eigenvalue weighted by molar-refractivity contribution is 0.102. The molecule has 0 aliphatic heterocycles. The molecular weight excluding hydrogens is 410 g/mol. The van der Waals surface area contributed by atoms with Gasteiger partial charge in [-0.3, -0.25) is 4.79 Å². The van der Waals surface area contributed by atoms with E-state index in [0.29, 0.717) is 34.5 Å². The van der Waals surface area contributed by atoms with E-state index in [1.165, 1.54) is 0 Å². The molecule has 1 N–H and O–H groups in total. The second-order valence-electron chi connectivity index (χ2n) is 6.50. The number of sulfone groups is 1. The maximum atomic E-state index is 12.5. The predicted octanol–water partition coefficient (Wildman–Crippen LogP) is 2.63. The van der Waals surface area contributed by atoms with Gasteiger partial charge in [-0.1, -0.05) is 11.2 Å². The first kappa shape index (κ1) is 21.3. The van der Waals surface area contributed by atoms with Crippen LogP contribution in [-0.2, 0) is 16.4 Å². The molecule has 2 aromatic carbocycles. The zero-order valence-electron chi connectivity index (χ0n) is 16.5. The van der Waals surface area contributed by atoms with Gasteiger partial charge in [0.2, 0.25) is 11.7 Å². The van der Waals surface area contributed by atoms with Crippen molar-refractivity contribution in [2.24, 2.45) is 0 Å². The first-order valence-corrected chi connectivity index (χ1v) is 11.1. The van der Waals surface area contributed by atoms with Gasteiger partial charge in [-0.15, -0.1) is 0 Å². The zero-order chi connectivity index (χ0) is 21.6. The summed E-state index contributed by atoms with van der Waals surface area (Å²) in [5, 5.41) is 6.52. The predicted molar refractivity (Wildman–Crippen MR) is 109 cm³/mol. The average Bonchev–Trinajstić information content (AvgIpc) is 3.11. The van der Waals surface area contributed by atoms with E-state index in [-0.39, 0.29) is 24.9 Å². The highest BCUT2D eigenvalue weighted by molar-refractivity contribution is 7.90. The Morgan fingerprint density at radius 1 is 1.10 bits per heavy atom. The van der Waals surface area contributed by atoms with Crippen LogP contribution in [0.2, 0.25) is 0 Å². The van der Waals surface area contributed by atoms with Gasteiger partial charge in [-0.05, 0) is 36.4 Å². The van der Waals surface area contributed by atoms with E-state index in [4.69, 9.17) is 14.0 Å². The van der Waals surface area contributed by atoms with E-state index in [0.717, 1.165) is 6.26 Å². The van der Waals surface area contributed by atoms with Gasteiger partial charge in [0.25, 0.3) is 5.91 Å². The minimum Gasteiger partial charge on any atom is -0.492 e. The Labute approximate surface area is 173 Å². The summed E-state index contributed by atoms with van der Waals surface area (Å²) >= 11 is 0. The molecular formula is C20H21N3O6S. The minimum absolute atomic E-state index is 0.0428. The molecule has 3 rings (SSSR count). The second-order valence-corrected chi connectivity index (χ2v) is 8.76. The second kappa shape index (κ2) is 9.40. The third kappa shape index (κ3) is 6.59. The normalized spacial score (nSPS) is 11.1. The Morgan fingerprint density at radius 2 is 1.87 bits per heavy atom. The number of aryl methyl sites for hydroxylation is 1. The number of amides is 1. The summed E-state index contributed by atoms with van der Waals surface area (Å²) in [6.45, 7) is 1.90. The van der Waals surface area contributed by atoms with E-state index in [1.807, 2.05) is 0 Å². The van der Waals surface area contributed by atoms with Crippen LogP contribution in [0.15, 0.2) is 53.1 Å². The Balaban J connectivity index is 1.54. The van der Waals surface area contributed by atoms with Crippen LogP contribution in [-0.4, -0.2) is 43.1 Å². The first-order valence-electron chi connectivity index (χ1n) is 9.02. The fourth-order valence-electron chi connectivity index (χ4n) is 2.43. The number of hydrogen-bond acceptors (Lipinski definition) is 8. The summed E-state index contributed by atoms with van der Waals surface area (Å²) in [7, 11) is -3.10. The van der Waals surface area contributed by atoms with Crippen LogP contribution >= 0.6 is 0 Å². The lowest BCUT2D eigenvalue weighted by Crippen LogP contribution is -2.13. The third-order valence-corrected chi connectivity index (χ3v) is 4.78. The van der Waals surface area contributed by atoms with Gasteiger partial charge in [-0.25, -0.2) is 8.42 Å². The van der Waals surface area contributed by atoms with Crippen molar-refractivity contribution in [3.8, 4) is 11.5 Å². The summed E-state index contributed by atoms with van der Waals surface area (Å²) in [4.78, 5) is 16.5. The maximum absolute atomic E-state index is 12.5. The Morgan fingerprint density at radius 3 is 2.53 bits per heavy atom. The first-order chi connectivity index (χ1) is 14.3. The van der Waals surface area contributed by atoms with Crippen molar-refractivity contribution in [1.29, 1.82) is 0 Å². The molecule has 158 valence electrons.